The van der Waals surface area contributed by atoms with Gasteiger partial charge in [-0.05, 0) is 142 Å². The van der Waals surface area contributed by atoms with Crippen LogP contribution in [0.1, 0.15) is 54.2 Å². The molecule has 0 aliphatic carbocycles. The lowest BCUT2D eigenvalue weighted by molar-refractivity contribution is -0.149. The Morgan fingerprint density at radius 1 is 0.571 bits per heavy atom. The molecule has 0 aliphatic heterocycles. The Balaban J connectivity index is 0.000000202. The minimum atomic E-state index is -1.28. The number of aromatic nitrogens is 6. The van der Waals surface area contributed by atoms with E-state index in [1.54, 1.807) is 88.5 Å². The topological polar surface area (TPSA) is 234 Å². The maximum Gasteiger partial charge on any atom is 0.349 e. The van der Waals surface area contributed by atoms with Crippen LogP contribution in [0.2, 0.25) is 0 Å². The number of nitriles is 2. The number of carboxylic acids is 1. The summed E-state index contributed by atoms with van der Waals surface area (Å²) in [5.74, 6) is 3.16. The van der Waals surface area contributed by atoms with Gasteiger partial charge in [0.15, 0.2) is 22.9 Å². The SMILES string of the molecule is COc1ccc(Cn2nc(Nc3cccc(/C=C(\C#N)C(=O)O)c3)c3c(Oc4ccc(C)cc4)ccnc32)cc1.COc1ccc(Cn2nc(Nc3cccc(/C=C(\C#N)C(=O)OC(C)(C)C)c3)c3c(Oc4ccc(C)cc4)ccnc32)cc1. The molecule has 84 heavy (non-hydrogen) atoms. The van der Waals surface area contributed by atoms with Crippen molar-refractivity contribution in [2.45, 2.75) is 53.3 Å². The number of rotatable bonds is 18. The highest BCUT2D eigenvalue weighted by molar-refractivity contribution is 5.99. The number of carbonyl (C=O) groups excluding carboxylic acids is 1. The first-order valence-electron chi connectivity index (χ1n) is 26.5. The zero-order chi connectivity index (χ0) is 59.3. The van der Waals surface area contributed by atoms with Crippen molar-refractivity contribution >= 4 is 69.2 Å². The molecule has 0 radical (unpaired) electrons. The van der Waals surface area contributed by atoms with Crippen LogP contribution in [0.5, 0.6) is 34.5 Å². The number of esters is 1. The van der Waals surface area contributed by atoms with Crippen LogP contribution in [0, 0.1) is 36.5 Å². The van der Waals surface area contributed by atoms with Crippen molar-refractivity contribution in [2.24, 2.45) is 0 Å². The molecule has 0 aliphatic rings. The first kappa shape index (κ1) is 57.4. The molecule has 10 rings (SSSR count). The van der Waals surface area contributed by atoms with E-state index < -0.39 is 17.5 Å². The summed E-state index contributed by atoms with van der Waals surface area (Å²) in [5.41, 5.74) is 6.93. The van der Waals surface area contributed by atoms with E-state index in [9.17, 15) is 20.0 Å². The van der Waals surface area contributed by atoms with Crippen LogP contribution in [-0.4, -0.2) is 66.4 Å². The highest BCUT2D eigenvalue weighted by atomic mass is 16.6. The normalized spacial score (nSPS) is 11.4. The number of aryl methyl sites for hydroxylation is 2. The van der Waals surface area contributed by atoms with Gasteiger partial charge in [-0.15, -0.1) is 0 Å². The smallest absolute Gasteiger partial charge is 0.349 e. The Bertz CT molecular complexity index is 4150. The number of nitrogens with zero attached hydrogens (tertiary/aromatic N) is 8. The number of ether oxygens (including phenoxy) is 5. The minimum Gasteiger partial charge on any atom is -0.497 e. The average molecular weight is 1120 g/mol. The van der Waals surface area contributed by atoms with Gasteiger partial charge in [-0.2, -0.15) is 20.7 Å². The van der Waals surface area contributed by atoms with Crippen molar-refractivity contribution in [3.63, 3.8) is 0 Å². The van der Waals surface area contributed by atoms with Crippen molar-refractivity contribution in [3.05, 3.63) is 215 Å². The molecule has 0 saturated carbocycles. The molecule has 0 spiro atoms. The zero-order valence-corrected chi connectivity index (χ0v) is 47.1. The Labute approximate surface area is 485 Å². The third-order valence-corrected chi connectivity index (χ3v) is 12.7. The highest BCUT2D eigenvalue weighted by Gasteiger charge is 2.22. The molecular weight excluding hydrogens is 1060 g/mol. The fraction of sp³-hybridized carbons (Fsp3) is 0.152. The molecule has 0 saturated heterocycles. The minimum absolute atomic E-state index is 0.0933. The van der Waals surface area contributed by atoms with E-state index in [-0.39, 0.29) is 11.1 Å². The largest absolute Gasteiger partial charge is 0.497 e. The lowest BCUT2D eigenvalue weighted by atomic mass is 10.1. The second-order valence-electron chi connectivity index (χ2n) is 20.2. The van der Waals surface area contributed by atoms with Gasteiger partial charge >= 0.3 is 11.9 Å². The summed E-state index contributed by atoms with van der Waals surface area (Å²) in [6, 6.07) is 52.8. The van der Waals surface area contributed by atoms with Gasteiger partial charge in [-0.3, -0.25) is 0 Å². The highest BCUT2D eigenvalue weighted by Crippen LogP contribution is 2.38. The number of aliphatic carboxylic acids is 1. The molecule has 0 fully saturated rings. The van der Waals surface area contributed by atoms with Gasteiger partial charge in [0.1, 0.15) is 74.2 Å². The quantitative estimate of drug-likeness (QED) is 0.0412. The van der Waals surface area contributed by atoms with E-state index in [1.807, 2.05) is 152 Å². The van der Waals surface area contributed by atoms with E-state index in [2.05, 4.69) is 20.6 Å². The number of methoxy groups -OCH3 is 2. The van der Waals surface area contributed by atoms with Crippen molar-refractivity contribution in [1.29, 1.82) is 10.5 Å². The Kier molecular flexibility index (Phi) is 17.7. The lowest BCUT2D eigenvalue weighted by Gasteiger charge is -2.18. The van der Waals surface area contributed by atoms with E-state index in [0.717, 1.165) is 33.8 Å². The Morgan fingerprint density at radius 2 is 0.976 bits per heavy atom. The van der Waals surface area contributed by atoms with Crippen LogP contribution in [0.25, 0.3) is 34.2 Å². The van der Waals surface area contributed by atoms with Gasteiger partial charge in [0.25, 0.3) is 0 Å². The van der Waals surface area contributed by atoms with Gasteiger partial charge in [0.2, 0.25) is 0 Å². The number of benzene rings is 6. The van der Waals surface area contributed by atoms with Gasteiger partial charge < -0.3 is 39.4 Å². The molecule has 0 atom stereocenters. The number of fused-ring (bicyclic) bond motifs is 2. The zero-order valence-electron chi connectivity index (χ0n) is 47.1. The number of pyridine rings is 2. The molecular formula is C66H58N10O8. The van der Waals surface area contributed by atoms with Gasteiger partial charge in [-0.25, -0.2) is 28.9 Å². The summed E-state index contributed by atoms with van der Waals surface area (Å²) in [7, 11) is 3.26. The van der Waals surface area contributed by atoms with E-state index in [4.69, 9.17) is 39.1 Å². The molecule has 4 aromatic heterocycles. The summed E-state index contributed by atoms with van der Waals surface area (Å²) < 4.78 is 32.2. The second kappa shape index (κ2) is 25.9. The molecule has 18 heteroatoms. The number of anilines is 4. The summed E-state index contributed by atoms with van der Waals surface area (Å²) in [5, 5.41) is 45.9. The van der Waals surface area contributed by atoms with Gasteiger partial charge in [0, 0.05) is 35.9 Å². The Hall–Kier alpha value is -11.2. The first-order valence-corrected chi connectivity index (χ1v) is 26.5. The second-order valence-corrected chi connectivity index (χ2v) is 20.2. The molecule has 10 aromatic rings. The molecule has 6 aromatic carbocycles. The number of hydrogen-bond donors (Lipinski definition) is 3. The number of carboxylic acid groups (broad SMARTS) is 1. The van der Waals surface area contributed by atoms with Gasteiger partial charge in [0.05, 0.1) is 27.3 Å². The van der Waals surface area contributed by atoms with Crippen LogP contribution in [0.3, 0.4) is 0 Å². The summed E-state index contributed by atoms with van der Waals surface area (Å²) >= 11 is 0. The first-order chi connectivity index (χ1) is 40.5. The van der Waals surface area contributed by atoms with Crippen LogP contribution >= 0.6 is 0 Å². The van der Waals surface area contributed by atoms with E-state index >= 15 is 0 Å². The fourth-order valence-corrected chi connectivity index (χ4v) is 8.61. The van der Waals surface area contributed by atoms with Crippen LogP contribution in [0.4, 0.5) is 23.0 Å². The lowest BCUT2D eigenvalue weighted by Crippen LogP contribution is -2.24. The molecule has 0 amide bonds. The number of hydrogen-bond acceptors (Lipinski definition) is 15. The molecule has 0 bridgehead atoms. The molecule has 420 valence electrons. The summed E-state index contributed by atoms with van der Waals surface area (Å²) in [6.45, 7) is 10.2. The van der Waals surface area contributed by atoms with Crippen LogP contribution in [0.15, 0.2) is 181 Å². The molecule has 4 heterocycles. The molecule has 0 unspecified atom stereocenters. The van der Waals surface area contributed by atoms with Crippen molar-refractivity contribution < 1.29 is 38.4 Å². The van der Waals surface area contributed by atoms with Crippen molar-refractivity contribution in [3.8, 4) is 46.6 Å². The molecule has 3 N–H and O–H groups in total. The fourth-order valence-electron chi connectivity index (χ4n) is 8.61. The number of carbonyl (C=O) groups is 2. The van der Waals surface area contributed by atoms with Crippen molar-refractivity contribution in [1.82, 2.24) is 29.5 Å². The van der Waals surface area contributed by atoms with Gasteiger partial charge in [-0.1, -0.05) is 83.9 Å². The predicted octanol–water partition coefficient (Wildman–Crippen LogP) is 13.9. The molecule has 18 nitrogen and oxygen atoms in total. The average Bonchev–Trinajstić information content (AvgIpc) is 4.21. The van der Waals surface area contributed by atoms with Crippen LogP contribution < -0.4 is 29.6 Å². The predicted molar refractivity (Wildman–Crippen MR) is 322 cm³/mol. The van der Waals surface area contributed by atoms with Crippen LogP contribution in [-0.2, 0) is 27.4 Å². The third kappa shape index (κ3) is 14.6. The van der Waals surface area contributed by atoms with Crippen molar-refractivity contribution in [2.75, 3.05) is 24.9 Å². The third-order valence-electron chi connectivity index (χ3n) is 12.7. The van der Waals surface area contributed by atoms with E-state index in [1.165, 1.54) is 12.2 Å². The number of nitrogens with one attached hydrogen (secondary N) is 2. The standard InChI is InChI=1S/C35H33N5O4.C31H25N5O4/c1-23-9-13-29(14-10-23)43-30-17-18-37-33-31(30)32(39-40(33)22-24-11-15-28(42-5)16-12-24)38-27-8-6-7-25(20-27)19-26(21-36)34(41)44-35(2,3)4;1-20-6-10-26(11-7-20)40-27-14-15-33-30-28(27)29(35-36(30)19-21-8-12-25(39-2)13-9-21)34-24-5-3-4-22(17-24)16-23(18-32)31(37)38/h6-20H,22H2,1-5H3,(H,38,39);3-17H,19H2,1-2H3,(H,34,35)(H,37,38)/b26-19+;23-16+. The maximum absolute atomic E-state index is 12.5. The summed E-state index contributed by atoms with van der Waals surface area (Å²) in [6.07, 6.45) is 6.21. The maximum atomic E-state index is 12.5. The monoisotopic (exact) mass is 1120 g/mol. The summed E-state index contributed by atoms with van der Waals surface area (Å²) in [4.78, 5) is 33.1. The Morgan fingerprint density at radius 3 is 1.36 bits per heavy atom. The van der Waals surface area contributed by atoms with E-state index in [0.29, 0.717) is 92.3 Å².